The SMILES string of the molecule is [C-]#[N+]C(=Cc1ccc2c(c1)c1ccccc1n2-c1ccc(-c2ccc(-c3ccc(-n4c5ccccc5c5cc(/C=C(\C#N)C(=O)O)ccc54)cc3)cc2)cc1)C(=O)O. The van der Waals surface area contributed by atoms with Crippen LogP contribution in [-0.4, -0.2) is 31.3 Å². The van der Waals surface area contributed by atoms with E-state index >= 15 is 0 Å². The molecule has 9 rings (SSSR count). The minimum atomic E-state index is -1.25. The van der Waals surface area contributed by atoms with Crippen molar-refractivity contribution in [2.45, 2.75) is 0 Å². The average molecular weight is 751 g/mol. The highest BCUT2D eigenvalue weighted by atomic mass is 16.4. The molecule has 0 amide bonds. The number of fused-ring (bicyclic) bond motifs is 6. The normalized spacial score (nSPS) is 11.9. The van der Waals surface area contributed by atoms with Crippen molar-refractivity contribution in [3.63, 3.8) is 0 Å². The predicted octanol–water partition coefficient (Wildman–Crippen LogP) is 11.6. The van der Waals surface area contributed by atoms with E-state index in [2.05, 4.69) is 105 Å². The van der Waals surface area contributed by atoms with Crippen LogP contribution < -0.4 is 0 Å². The first kappa shape index (κ1) is 35.3. The standard InChI is InChI=1S/C50H30N4O4/c1-52-44(50(57)58)29-32-11-25-48-43(28-32)41-7-3-5-9-46(41)54(48)39-22-18-36(19-23-39)34-14-12-33(13-15-34)35-16-20-38(21-17-35)53-45-8-4-2-6-40(45)42-27-31(10-24-47(42)53)26-37(30-51)49(55)56/h2-29H,(H,55,56)(H,57,58)/b37-26+,44-29?. The molecule has 0 radical (unpaired) electrons. The van der Waals surface area contributed by atoms with Crippen molar-refractivity contribution < 1.29 is 19.8 Å². The van der Waals surface area contributed by atoms with Gasteiger partial charge in [-0.1, -0.05) is 97.1 Å². The number of para-hydroxylation sites is 2. The van der Waals surface area contributed by atoms with E-state index in [9.17, 15) is 25.1 Å². The quantitative estimate of drug-likeness (QED) is 0.0912. The average Bonchev–Trinajstić information content (AvgIpc) is 3.77. The Balaban J connectivity index is 0.993. The maximum Gasteiger partial charge on any atom is 0.346 e. The van der Waals surface area contributed by atoms with Gasteiger partial charge in [-0.05, 0) is 106 Å². The second kappa shape index (κ2) is 14.3. The minimum absolute atomic E-state index is 0.315. The molecule has 0 saturated carbocycles. The van der Waals surface area contributed by atoms with Gasteiger partial charge in [0.15, 0.2) is 0 Å². The van der Waals surface area contributed by atoms with E-state index in [1.165, 1.54) is 12.2 Å². The number of benzene rings is 7. The third-order valence-corrected chi connectivity index (χ3v) is 10.5. The molecule has 0 aliphatic carbocycles. The van der Waals surface area contributed by atoms with Crippen molar-refractivity contribution in [3.8, 4) is 39.7 Å². The Hall–Kier alpha value is -8.46. The number of carboxylic acids is 2. The van der Waals surface area contributed by atoms with Crippen LogP contribution in [0.5, 0.6) is 0 Å². The summed E-state index contributed by atoms with van der Waals surface area (Å²) in [5.74, 6) is -2.50. The number of nitriles is 1. The number of hydrogen-bond donors (Lipinski definition) is 2. The van der Waals surface area contributed by atoms with Crippen molar-refractivity contribution in [1.82, 2.24) is 9.13 Å². The van der Waals surface area contributed by atoms with Gasteiger partial charge in [0, 0.05) is 32.9 Å². The molecule has 2 aromatic heterocycles. The fourth-order valence-corrected chi connectivity index (χ4v) is 7.79. The van der Waals surface area contributed by atoms with Crippen LogP contribution in [0.4, 0.5) is 0 Å². The van der Waals surface area contributed by atoms with Crippen LogP contribution in [0.15, 0.2) is 169 Å². The fourth-order valence-electron chi connectivity index (χ4n) is 7.79. The second-order valence-corrected chi connectivity index (χ2v) is 13.9. The number of carbonyl (C=O) groups is 2. The zero-order chi connectivity index (χ0) is 39.9. The zero-order valence-electron chi connectivity index (χ0n) is 30.7. The second-order valence-electron chi connectivity index (χ2n) is 13.9. The lowest BCUT2D eigenvalue weighted by molar-refractivity contribution is -0.133. The van der Waals surface area contributed by atoms with E-state index in [0.717, 1.165) is 77.2 Å². The summed E-state index contributed by atoms with van der Waals surface area (Å²) in [5, 5.41) is 32.0. The molecule has 9 aromatic rings. The zero-order valence-corrected chi connectivity index (χ0v) is 30.7. The van der Waals surface area contributed by atoms with Gasteiger partial charge in [-0.25, -0.2) is 9.64 Å². The van der Waals surface area contributed by atoms with Gasteiger partial charge in [0.25, 0.3) is 5.70 Å². The van der Waals surface area contributed by atoms with Gasteiger partial charge in [-0.2, -0.15) is 5.26 Å². The third-order valence-electron chi connectivity index (χ3n) is 10.5. The van der Waals surface area contributed by atoms with Crippen LogP contribution in [0.3, 0.4) is 0 Å². The number of rotatable bonds is 8. The summed E-state index contributed by atoms with van der Waals surface area (Å²) in [7, 11) is 0. The number of carboxylic acid groups (broad SMARTS) is 2. The van der Waals surface area contributed by atoms with Crippen molar-refractivity contribution in [2.75, 3.05) is 0 Å². The van der Waals surface area contributed by atoms with Gasteiger partial charge >= 0.3 is 11.9 Å². The van der Waals surface area contributed by atoms with Crippen molar-refractivity contribution in [3.05, 3.63) is 192 Å². The Kier molecular flexibility index (Phi) is 8.70. The van der Waals surface area contributed by atoms with Gasteiger partial charge < -0.3 is 19.3 Å². The molecule has 0 atom stereocenters. The summed E-state index contributed by atoms with van der Waals surface area (Å²) in [4.78, 5) is 26.1. The molecule has 0 bridgehead atoms. The highest BCUT2D eigenvalue weighted by Gasteiger charge is 2.16. The summed E-state index contributed by atoms with van der Waals surface area (Å²) >= 11 is 0. The van der Waals surface area contributed by atoms with Crippen LogP contribution in [0.25, 0.3) is 94.2 Å². The lowest BCUT2D eigenvalue weighted by Gasteiger charge is -2.11. The van der Waals surface area contributed by atoms with Crippen molar-refractivity contribution >= 4 is 67.7 Å². The van der Waals surface area contributed by atoms with Gasteiger partial charge in [0.1, 0.15) is 11.6 Å². The number of hydrogen-bond acceptors (Lipinski definition) is 3. The van der Waals surface area contributed by atoms with E-state index in [-0.39, 0.29) is 11.3 Å². The van der Waals surface area contributed by atoms with Crippen LogP contribution in [0.1, 0.15) is 11.1 Å². The topological polar surface area (TPSA) is 113 Å². The molecule has 274 valence electrons. The summed E-state index contributed by atoms with van der Waals surface area (Å²) in [6.45, 7) is 7.23. The van der Waals surface area contributed by atoms with Crippen LogP contribution >= 0.6 is 0 Å². The van der Waals surface area contributed by atoms with Crippen LogP contribution in [-0.2, 0) is 9.59 Å². The number of aromatic nitrogens is 2. The largest absolute Gasteiger partial charge is 0.486 e. The first-order valence-electron chi connectivity index (χ1n) is 18.4. The van der Waals surface area contributed by atoms with Crippen LogP contribution in [0.2, 0.25) is 0 Å². The molecule has 0 aliphatic rings. The highest BCUT2D eigenvalue weighted by Crippen LogP contribution is 2.36. The lowest BCUT2D eigenvalue weighted by Crippen LogP contribution is -1.97. The maximum atomic E-state index is 11.5. The Morgan fingerprint density at radius 1 is 0.517 bits per heavy atom. The van der Waals surface area contributed by atoms with E-state index in [4.69, 9.17) is 6.57 Å². The molecule has 0 spiro atoms. The van der Waals surface area contributed by atoms with Gasteiger partial charge in [0.05, 0.1) is 28.6 Å². The molecule has 2 N–H and O–H groups in total. The van der Waals surface area contributed by atoms with Gasteiger partial charge in [0.2, 0.25) is 0 Å². The summed E-state index contributed by atoms with van der Waals surface area (Å²) < 4.78 is 4.39. The van der Waals surface area contributed by atoms with Gasteiger partial charge in [-0.15, -0.1) is 0 Å². The monoisotopic (exact) mass is 750 g/mol. The van der Waals surface area contributed by atoms with Crippen molar-refractivity contribution in [1.29, 1.82) is 5.26 Å². The molecule has 0 saturated heterocycles. The molecular formula is C50H30N4O4. The lowest BCUT2D eigenvalue weighted by atomic mass is 10.00. The Bertz CT molecular complexity index is 3060. The Morgan fingerprint density at radius 3 is 1.31 bits per heavy atom. The number of aliphatic carboxylic acids is 2. The number of nitrogens with zero attached hydrogens (tertiary/aromatic N) is 4. The van der Waals surface area contributed by atoms with E-state index in [1.807, 2.05) is 66.7 Å². The molecule has 8 nitrogen and oxygen atoms in total. The molecule has 0 unspecified atom stereocenters. The third kappa shape index (κ3) is 6.14. The van der Waals surface area contributed by atoms with Crippen molar-refractivity contribution in [2.24, 2.45) is 0 Å². The van der Waals surface area contributed by atoms with Crippen LogP contribution in [0, 0.1) is 17.9 Å². The summed E-state index contributed by atoms with van der Waals surface area (Å²) in [6, 6.07) is 54.8. The van der Waals surface area contributed by atoms with E-state index in [0.29, 0.717) is 11.1 Å². The Morgan fingerprint density at radius 2 is 0.914 bits per heavy atom. The fraction of sp³-hybridized carbons (Fsp3) is 0. The molecule has 58 heavy (non-hydrogen) atoms. The van der Waals surface area contributed by atoms with E-state index < -0.39 is 11.9 Å². The predicted molar refractivity (Wildman–Crippen MR) is 229 cm³/mol. The smallest absolute Gasteiger partial charge is 0.346 e. The van der Waals surface area contributed by atoms with E-state index in [1.54, 1.807) is 6.07 Å². The molecular weight excluding hydrogens is 721 g/mol. The molecule has 8 heteroatoms. The highest BCUT2D eigenvalue weighted by molar-refractivity contribution is 6.11. The Labute approximate surface area is 332 Å². The first-order valence-corrected chi connectivity index (χ1v) is 18.4. The van der Waals surface area contributed by atoms with Gasteiger partial charge in [-0.3, -0.25) is 4.79 Å². The molecule has 2 heterocycles. The summed E-state index contributed by atoms with van der Waals surface area (Å²) in [5.41, 5.74) is 11.0. The first-order chi connectivity index (χ1) is 28.3. The maximum absolute atomic E-state index is 11.5. The minimum Gasteiger partial charge on any atom is -0.486 e. The molecule has 0 aliphatic heterocycles. The summed E-state index contributed by atoms with van der Waals surface area (Å²) in [6.07, 6.45) is 2.80. The molecule has 0 fully saturated rings. The molecule has 7 aromatic carbocycles.